The maximum atomic E-state index is 13.3. The summed E-state index contributed by atoms with van der Waals surface area (Å²) in [4.78, 5) is 21.8. The van der Waals surface area contributed by atoms with Gasteiger partial charge in [0.05, 0.1) is 19.4 Å². The van der Waals surface area contributed by atoms with Crippen molar-refractivity contribution in [3.8, 4) is 5.75 Å². The summed E-state index contributed by atoms with van der Waals surface area (Å²) in [6, 6.07) is 13.6. The molecule has 4 rings (SSSR count). The maximum absolute atomic E-state index is 13.3. The van der Waals surface area contributed by atoms with Gasteiger partial charge in [-0.25, -0.2) is 14.1 Å². The summed E-state index contributed by atoms with van der Waals surface area (Å²) in [7, 11) is 1.60. The van der Waals surface area contributed by atoms with Crippen molar-refractivity contribution < 1.29 is 18.8 Å². The van der Waals surface area contributed by atoms with Crippen molar-refractivity contribution in [1.82, 2.24) is 14.8 Å². The predicted octanol–water partition coefficient (Wildman–Crippen LogP) is 2.61. The predicted molar refractivity (Wildman–Crippen MR) is 103 cm³/mol. The molecular weight excluding hydrogens is 377 g/mol. The number of hydrogen-bond acceptors (Lipinski definition) is 6. The number of methoxy groups -OCH3 is 1. The fraction of sp³-hybridized carbons (Fsp3) is 0.200. The van der Waals surface area contributed by atoms with E-state index in [1.807, 2.05) is 24.3 Å². The van der Waals surface area contributed by atoms with Crippen LogP contribution in [0.2, 0.25) is 0 Å². The van der Waals surface area contributed by atoms with Crippen LogP contribution in [0.15, 0.2) is 60.0 Å². The molecule has 0 saturated carbocycles. The third-order valence-corrected chi connectivity index (χ3v) is 4.39. The number of nitrogens with zero attached hydrogens (tertiary/aromatic N) is 4. The lowest BCUT2D eigenvalue weighted by atomic mass is 10.0. The summed E-state index contributed by atoms with van der Waals surface area (Å²) in [6.07, 6.45) is 1.04. The number of benzene rings is 2. The van der Waals surface area contributed by atoms with Crippen molar-refractivity contribution in [2.75, 3.05) is 12.4 Å². The van der Waals surface area contributed by atoms with Crippen LogP contribution in [-0.2, 0) is 16.2 Å². The molecule has 0 spiro atoms. The molecule has 8 nitrogen and oxygen atoms in total. The van der Waals surface area contributed by atoms with Crippen molar-refractivity contribution >= 4 is 17.6 Å². The van der Waals surface area contributed by atoms with Crippen molar-refractivity contribution in [1.29, 1.82) is 0 Å². The quantitative estimate of drug-likeness (QED) is 0.693. The van der Waals surface area contributed by atoms with Crippen molar-refractivity contribution in [3.05, 3.63) is 71.8 Å². The summed E-state index contributed by atoms with van der Waals surface area (Å²) >= 11 is 0. The van der Waals surface area contributed by atoms with Crippen LogP contribution in [0.1, 0.15) is 17.5 Å². The number of hydrogen-bond donors (Lipinski definition) is 1. The monoisotopic (exact) mass is 395 g/mol. The summed E-state index contributed by atoms with van der Waals surface area (Å²) in [5.74, 6) is 0.179. The van der Waals surface area contributed by atoms with Crippen molar-refractivity contribution in [2.24, 2.45) is 5.16 Å². The van der Waals surface area contributed by atoms with Crippen LogP contribution in [-0.4, -0.2) is 39.6 Å². The summed E-state index contributed by atoms with van der Waals surface area (Å²) < 4.78 is 19.9. The molecular formula is C20H18FN5O3. The van der Waals surface area contributed by atoms with Crippen molar-refractivity contribution in [3.63, 3.8) is 0 Å². The normalized spacial score (nSPS) is 15.5. The topological polar surface area (TPSA) is 90.6 Å². The number of rotatable bonds is 6. The Balaban J connectivity index is 1.34. The summed E-state index contributed by atoms with van der Waals surface area (Å²) in [5.41, 5.74) is 2.28. The minimum absolute atomic E-state index is 0.146. The molecule has 3 aromatic rings. The first kappa shape index (κ1) is 18.6. The number of halogens is 1. The van der Waals surface area contributed by atoms with Crippen LogP contribution in [0, 0.1) is 5.82 Å². The van der Waals surface area contributed by atoms with Gasteiger partial charge in [-0.15, -0.1) is 5.10 Å². The number of amides is 1. The van der Waals surface area contributed by atoms with E-state index in [1.165, 1.54) is 23.1 Å². The van der Waals surface area contributed by atoms with Crippen LogP contribution in [0.3, 0.4) is 0 Å². The summed E-state index contributed by atoms with van der Waals surface area (Å²) in [6.45, 7) is 0.339. The van der Waals surface area contributed by atoms with Gasteiger partial charge in [0.15, 0.2) is 0 Å². The Morgan fingerprint density at radius 1 is 1.31 bits per heavy atom. The lowest BCUT2D eigenvalue weighted by Gasteiger charge is -2.07. The van der Waals surface area contributed by atoms with Crippen LogP contribution < -0.4 is 10.1 Å². The van der Waals surface area contributed by atoms with E-state index >= 15 is 0 Å². The Morgan fingerprint density at radius 3 is 2.90 bits per heavy atom. The molecule has 1 N–H and O–H groups in total. The van der Waals surface area contributed by atoms with E-state index in [0.717, 1.165) is 16.9 Å². The van der Waals surface area contributed by atoms with E-state index in [-0.39, 0.29) is 17.7 Å². The van der Waals surface area contributed by atoms with Gasteiger partial charge < -0.3 is 9.57 Å². The van der Waals surface area contributed by atoms with E-state index in [2.05, 4.69) is 20.6 Å². The van der Waals surface area contributed by atoms with Gasteiger partial charge in [-0.2, -0.15) is 0 Å². The van der Waals surface area contributed by atoms with E-state index in [1.54, 1.807) is 19.2 Å². The SMILES string of the molecule is COc1ccc(C2=NOC(C(=O)Nc3ncn(Cc4cccc(F)c4)n3)C2)cc1. The Bertz CT molecular complexity index is 1050. The van der Waals surface area contributed by atoms with E-state index in [9.17, 15) is 9.18 Å². The molecule has 0 fully saturated rings. The number of aromatic nitrogens is 3. The Labute approximate surface area is 166 Å². The van der Waals surface area contributed by atoms with E-state index in [0.29, 0.717) is 18.7 Å². The molecule has 1 aliphatic rings. The highest BCUT2D eigenvalue weighted by atomic mass is 19.1. The minimum Gasteiger partial charge on any atom is -0.497 e. The van der Waals surface area contributed by atoms with E-state index < -0.39 is 6.10 Å². The number of carbonyl (C=O) groups is 1. The number of carbonyl (C=O) groups excluding carboxylic acids is 1. The van der Waals surface area contributed by atoms with Gasteiger partial charge in [0.1, 0.15) is 17.9 Å². The molecule has 0 radical (unpaired) electrons. The molecule has 2 aromatic carbocycles. The number of anilines is 1. The zero-order valence-electron chi connectivity index (χ0n) is 15.6. The van der Waals surface area contributed by atoms with Crippen LogP contribution in [0.4, 0.5) is 10.3 Å². The molecule has 29 heavy (non-hydrogen) atoms. The first-order valence-electron chi connectivity index (χ1n) is 8.92. The molecule has 1 amide bonds. The fourth-order valence-corrected chi connectivity index (χ4v) is 2.91. The van der Waals surface area contributed by atoms with Gasteiger partial charge in [-0.05, 0) is 47.5 Å². The Kier molecular flexibility index (Phi) is 5.19. The first-order chi connectivity index (χ1) is 14.1. The van der Waals surface area contributed by atoms with Crippen LogP contribution in [0.5, 0.6) is 5.75 Å². The second-order valence-corrected chi connectivity index (χ2v) is 6.45. The smallest absolute Gasteiger partial charge is 0.271 e. The Hall–Kier alpha value is -3.75. The Morgan fingerprint density at radius 2 is 2.14 bits per heavy atom. The first-order valence-corrected chi connectivity index (χ1v) is 8.92. The van der Waals surface area contributed by atoms with Crippen molar-refractivity contribution in [2.45, 2.75) is 19.1 Å². The van der Waals surface area contributed by atoms with Gasteiger partial charge in [0.2, 0.25) is 12.1 Å². The van der Waals surface area contributed by atoms with E-state index in [4.69, 9.17) is 9.57 Å². The average molecular weight is 395 g/mol. The summed E-state index contributed by atoms with van der Waals surface area (Å²) in [5, 5.41) is 10.8. The lowest BCUT2D eigenvalue weighted by Crippen LogP contribution is -2.28. The highest BCUT2D eigenvalue weighted by molar-refractivity contribution is 6.05. The van der Waals surface area contributed by atoms with Gasteiger partial charge in [0.25, 0.3) is 5.91 Å². The number of ether oxygens (including phenoxy) is 1. The maximum Gasteiger partial charge on any atom is 0.271 e. The second-order valence-electron chi connectivity index (χ2n) is 6.45. The number of oxime groups is 1. The van der Waals surface area contributed by atoms with Gasteiger partial charge in [-0.1, -0.05) is 17.3 Å². The molecule has 0 bridgehead atoms. The molecule has 9 heteroatoms. The number of nitrogens with one attached hydrogen (secondary N) is 1. The largest absolute Gasteiger partial charge is 0.497 e. The molecule has 148 valence electrons. The molecule has 1 unspecified atom stereocenters. The molecule has 0 saturated heterocycles. The fourth-order valence-electron chi connectivity index (χ4n) is 2.91. The van der Waals surface area contributed by atoms with Gasteiger partial charge >= 0.3 is 0 Å². The average Bonchev–Trinajstić information content (AvgIpc) is 3.38. The second kappa shape index (κ2) is 8.09. The molecule has 2 heterocycles. The standard InChI is InChI=1S/C20H18FN5O3/c1-28-16-7-5-14(6-8-16)17-10-18(29-25-17)19(27)23-20-22-12-26(24-20)11-13-3-2-4-15(21)9-13/h2-9,12,18H,10-11H2,1H3,(H,23,24,27). The van der Waals surface area contributed by atoms with Crippen LogP contribution >= 0.6 is 0 Å². The third kappa shape index (κ3) is 4.40. The lowest BCUT2D eigenvalue weighted by molar-refractivity contribution is -0.125. The molecule has 1 atom stereocenters. The van der Waals surface area contributed by atoms with Gasteiger partial charge in [-0.3, -0.25) is 10.1 Å². The third-order valence-electron chi connectivity index (χ3n) is 4.39. The molecule has 1 aliphatic heterocycles. The zero-order valence-corrected chi connectivity index (χ0v) is 15.6. The van der Waals surface area contributed by atoms with Crippen LogP contribution in [0.25, 0.3) is 0 Å². The zero-order chi connectivity index (χ0) is 20.2. The minimum atomic E-state index is -0.762. The highest BCUT2D eigenvalue weighted by Gasteiger charge is 2.29. The molecule has 1 aromatic heterocycles. The highest BCUT2D eigenvalue weighted by Crippen LogP contribution is 2.20. The van der Waals surface area contributed by atoms with Gasteiger partial charge in [0, 0.05) is 6.42 Å². The molecule has 0 aliphatic carbocycles.